The van der Waals surface area contributed by atoms with Crippen molar-refractivity contribution in [1.82, 2.24) is 0 Å². The number of benzene rings is 3. The molecule has 1 saturated carbocycles. The van der Waals surface area contributed by atoms with E-state index < -0.39 is 32.5 Å². The zero-order valence-corrected chi connectivity index (χ0v) is 19.3. The Bertz CT molecular complexity index is 1300. The topological polar surface area (TPSA) is 112 Å². The summed E-state index contributed by atoms with van der Waals surface area (Å²) in [6.45, 7) is 0. The molecular weight excluding hydrogens is 506 g/mol. The van der Waals surface area contributed by atoms with Crippen molar-refractivity contribution in [3.63, 3.8) is 0 Å². The second-order valence-corrected chi connectivity index (χ2v) is 11.3. The smallest absolute Gasteiger partial charge is 0.316 e. The Morgan fingerprint density at radius 3 is 2.29 bits per heavy atom. The van der Waals surface area contributed by atoms with Crippen LogP contribution in [0.25, 0.3) is 10.8 Å². The van der Waals surface area contributed by atoms with Gasteiger partial charge in [0.25, 0.3) is 10.0 Å². The van der Waals surface area contributed by atoms with Gasteiger partial charge in [-0.2, -0.15) is 0 Å². The number of anilines is 1. The lowest BCUT2D eigenvalue weighted by molar-refractivity contribution is -0.133. The number of nitrogens with zero attached hydrogens (tertiary/aromatic N) is 1. The number of aliphatic carboxylic acids is 1. The molecule has 3 aromatic carbocycles. The molecule has 10 heteroatoms. The lowest BCUT2D eigenvalue weighted by Gasteiger charge is -2.27. The van der Waals surface area contributed by atoms with E-state index in [9.17, 15) is 22.5 Å². The van der Waals surface area contributed by atoms with Crippen LogP contribution in [0.2, 0.25) is 0 Å². The number of hydrogen-bond acceptors (Lipinski definition) is 5. The average Bonchev–Trinajstić information content (AvgIpc) is 3.54. The SMILES string of the molecule is O=C(O)CS(=O)c1cc(N(C2CC2)S(=O)(=O)c2ccc(Br)cc2)c2ccccc2c1O. The third-order valence-electron chi connectivity index (χ3n) is 4.95. The first-order valence-electron chi connectivity index (χ1n) is 9.35. The molecule has 3 aromatic rings. The predicted octanol–water partition coefficient (Wildman–Crippen LogP) is 3.86. The molecule has 1 atom stereocenters. The van der Waals surface area contributed by atoms with Gasteiger partial charge < -0.3 is 10.2 Å². The number of phenols is 1. The summed E-state index contributed by atoms with van der Waals surface area (Å²) in [5.41, 5.74) is 0.271. The fraction of sp³-hybridized carbons (Fsp3) is 0.190. The Morgan fingerprint density at radius 2 is 1.71 bits per heavy atom. The summed E-state index contributed by atoms with van der Waals surface area (Å²) in [7, 11) is -6.01. The summed E-state index contributed by atoms with van der Waals surface area (Å²) in [5.74, 6) is -2.29. The molecule has 1 unspecified atom stereocenters. The maximum Gasteiger partial charge on any atom is 0.316 e. The molecule has 1 aliphatic carbocycles. The summed E-state index contributed by atoms with van der Waals surface area (Å²) in [5, 5.41) is 20.5. The molecule has 0 aromatic heterocycles. The van der Waals surface area contributed by atoms with Crippen LogP contribution < -0.4 is 4.31 Å². The minimum Gasteiger partial charge on any atom is -0.506 e. The monoisotopic (exact) mass is 523 g/mol. The normalized spacial score (nSPS) is 15.0. The van der Waals surface area contributed by atoms with E-state index in [1.165, 1.54) is 22.5 Å². The molecule has 4 rings (SSSR count). The van der Waals surface area contributed by atoms with E-state index in [-0.39, 0.29) is 27.3 Å². The summed E-state index contributed by atoms with van der Waals surface area (Å²) < 4.78 is 41.9. The highest BCUT2D eigenvalue weighted by Gasteiger charge is 2.39. The van der Waals surface area contributed by atoms with Crippen LogP contribution in [0.3, 0.4) is 0 Å². The molecular formula is C21H18BrNO6S2. The first kappa shape index (κ1) is 21.8. The van der Waals surface area contributed by atoms with Gasteiger partial charge in [-0.1, -0.05) is 40.2 Å². The number of phenolic OH excluding ortho intramolecular Hbond substituents is 1. The van der Waals surface area contributed by atoms with E-state index >= 15 is 0 Å². The minimum absolute atomic E-state index is 0.104. The standard InChI is InChI=1S/C21H18BrNO6S2/c22-13-5-9-15(10-6-13)31(28,29)23(14-7-8-14)18-11-19(30(27)12-20(24)25)21(26)17-4-2-1-3-16(17)18/h1-6,9-11,14,26H,7-8,12H2,(H,24,25). The van der Waals surface area contributed by atoms with Gasteiger partial charge in [0.15, 0.2) is 0 Å². The number of carbonyl (C=O) groups is 1. The van der Waals surface area contributed by atoms with E-state index in [2.05, 4.69) is 15.9 Å². The van der Waals surface area contributed by atoms with Gasteiger partial charge in [0.2, 0.25) is 0 Å². The van der Waals surface area contributed by atoms with Gasteiger partial charge in [0, 0.05) is 21.3 Å². The van der Waals surface area contributed by atoms with Crippen LogP contribution in [-0.4, -0.2) is 40.6 Å². The van der Waals surface area contributed by atoms with Gasteiger partial charge >= 0.3 is 5.97 Å². The van der Waals surface area contributed by atoms with Crippen molar-refractivity contribution < 1.29 is 27.6 Å². The molecule has 0 bridgehead atoms. The van der Waals surface area contributed by atoms with Crippen LogP contribution in [0.15, 0.2) is 68.9 Å². The third kappa shape index (κ3) is 4.19. The van der Waals surface area contributed by atoms with E-state index in [0.29, 0.717) is 23.6 Å². The second kappa shape index (κ2) is 8.25. The first-order chi connectivity index (χ1) is 14.7. The molecule has 31 heavy (non-hydrogen) atoms. The van der Waals surface area contributed by atoms with Crippen molar-refractivity contribution in [3.8, 4) is 5.75 Å². The summed E-state index contributed by atoms with van der Waals surface area (Å²) in [6.07, 6.45) is 1.33. The molecule has 2 N–H and O–H groups in total. The van der Waals surface area contributed by atoms with Crippen molar-refractivity contribution >= 4 is 59.2 Å². The number of halogens is 1. The number of rotatable bonds is 7. The van der Waals surface area contributed by atoms with E-state index in [1.54, 1.807) is 36.4 Å². The van der Waals surface area contributed by atoms with Crippen molar-refractivity contribution in [3.05, 3.63) is 59.1 Å². The summed E-state index contributed by atoms with van der Waals surface area (Å²) in [4.78, 5) is 11.1. The highest BCUT2D eigenvalue weighted by molar-refractivity contribution is 9.10. The fourth-order valence-electron chi connectivity index (χ4n) is 3.41. The molecule has 1 aliphatic rings. The number of hydrogen-bond donors (Lipinski definition) is 2. The first-order valence-corrected chi connectivity index (χ1v) is 12.9. The number of carboxylic acids is 1. The minimum atomic E-state index is -3.96. The molecule has 0 spiro atoms. The van der Waals surface area contributed by atoms with Gasteiger partial charge in [-0.05, 0) is 43.2 Å². The van der Waals surface area contributed by atoms with Crippen LogP contribution in [0.5, 0.6) is 5.75 Å². The van der Waals surface area contributed by atoms with Crippen LogP contribution in [0.4, 0.5) is 5.69 Å². The fourth-order valence-corrected chi connectivity index (χ4v) is 6.35. The largest absolute Gasteiger partial charge is 0.506 e. The summed E-state index contributed by atoms with van der Waals surface area (Å²) in [6, 6.07) is 14.0. The van der Waals surface area contributed by atoms with Crippen LogP contribution in [0, 0.1) is 0 Å². The Morgan fingerprint density at radius 1 is 1.10 bits per heavy atom. The van der Waals surface area contributed by atoms with Gasteiger partial charge in [0.05, 0.1) is 26.3 Å². The van der Waals surface area contributed by atoms with Gasteiger partial charge in [-0.25, -0.2) is 8.42 Å². The van der Waals surface area contributed by atoms with E-state index in [1.807, 2.05) is 0 Å². The molecule has 162 valence electrons. The summed E-state index contributed by atoms with van der Waals surface area (Å²) >= 11 is 3.30. The number of carboxylic acid groups (broad SMARTS) is 1. The molecule has 0 heterocycles. The number of aromatic hydroxyl groups is 1. The highest BCUT2D eigenvalue weighted by atomic mass is 79.9. The second-order valence-electron chi connectivity index (χ2n) is 7.16. The molecule has 0 saturated heterocycles. The molecule has 1 fully saturated rings. The predicted molar refractivity (Wildman–Crippen MR) is 121 cm³/mol. The maximum atomic E-state index is 13.6. The quantitative estimate of drug-likeness (QED) is 0.486. The number of sulfonamides is 1. The van der Waals surface area contributed by atoms with Crippen molar-refractivity contribution in [2.45, 2.75) is 28.7 Å². The zero-order valence-electron chi connectivity index (χ0n) is 16.1. The van der Waals surface area contributed by atoms with Crippen molar-refractivity contribution in [1.29, 1.82) is 0 Å². The Kier molecular flexibility index (Phi) is 5.80. The van der Waals surface area contributed by atoms with E-state index in [4.69, 9.17) is 5.11 Å². The molecule has 7 nitrogen and oxygen atoms in total. The molecule has 0 radical (unpaired) electrons. The Hall–Kier alpha value is -2.43. The lowest BCUT2D eigenvalue weighted by Crippen LogP contribution is -2.33. The Labute approximate surface area is 190 Å². The molecule has 0 amide bonds. The molecule has 0 aliphatic heterocycles. The van der Waals surface area contributed by atoms with Crippen LogP contribution in [0.1, 0.15) is 12.8 Å². The van der Waals surface area contributed by atoms with Crippen LogP contribution in [-0.2, 0) is 25.6 Å². The van der Waals surface area contributed by atoms with Crippen molar-refractivity contribution in [2.75, 3.05) is 10.1 Å². The maximum absolute atomic E-state index is 13.6. The van der Waals surface area contributed by atoms with E-state index in [0.717, 1.165) is 4.47 Å². The third-order valence-corrected chi connectivity index (χ3v) is 8.67. The number of fused-ring (bicyclic) bond motifs is 1. The lowest BCUT2D eigenvalue weighted by atomic mass is 10.1. The van der Waals surface area contributed by atoms with Gasteiger partial charge in [-0.15, -0.1) is 0 Å². The average molecular weight is 524 g/mol. The highest BCUT2D eigenvalue weighted by Crippen LogP contribution is 2.44. The zero-order chi connectivity index (χ0) is 22.3. The Balaban J connectivity index is 1.96. The van der Waals surface area contributed by atoms with Crippen LogP contribution >= 0.6 is 15.9 Å². The van der Waals surface area contributed by atoms with Crippen molar-refractivity contribution in [2.24, 2.45) is 0 Å². The van der Waals surface area contributed by atoms with Gasteiger partial charge in [-0.3, -0.25) is 13.3 Å². The van der Waals surface area contributed by atoms with Gasteiger partial charge in [0.1, 0.15) is 11.5 Å².